The van der Waals surface area contributed by atoms with Crippen molar-refractivity contribution in [2.75, 3.05) is 14.1 Å². The Hall–Kier alpha value is -1.90. The number of sulfonamides is 1. The number of nitrogens with one attached hydrogen (secondary N) is 1. The molecule has 3 rings (SSSR count). The maximum atomic E-state index is 13.0. The molecule has 0 fully saturated rings. The average molecular weight is 469 g/mol. The van der Waals surface area contributed by atoms with E-state index in [1.807, 2.05) is 29.6 Å². The van der Waals surface area contributed by atoms with E-state index >= 15 is 0 Å². The van der Waals surface area contributed by atoms with Gasteiger partial charge in [-0.3, -0.25) is 4.79 Å². The van der Waals surface area contributed by atoms with Crippen LogP contribution in [-0.2, 0) is 10.0 Å². The quantitative estimate of drug-likeness (QED) is 0.563. The molecular weight excluding hydrogens is 451 g/mol. The van der Waals surface area contributed by atoms with Gasteiger partial charge in [0, 0.05) is 29.6 Å². The highest BCUT2D eigenvalue weighted by molar-refractivity contribution is 7.89. The number of hydrogen-bond acceptors (Lipinski definition) is 4. The van der Waals surface area contributed by atoms with E-state index in [0.29, 0.717) is 5.02 Å². The van der Waals surface area contributed by atoms with E-state index in [4.69, 9.17) is 23.2 Å². The van der Waals surface area contributed by atoms with Crippen LogP contribution >= 0.6 is 34.5 Å². The Bertz CT molecular complexity index is 1110. The van der Waals surface area contributed by atoms with Crippen molar-refractivity contribution in [3.63, 3.8) is 0 Å². The van der Waals surface area contributed by atoms with Crippen LogP contribution < -0.4 is 5.32 Å². The highest BCUT2D eigenvalue weighted by Crippen LogP contribution is 2.29. The minimum atomic E-state index is -3.78. The second kappa shape index (κ2) is 8.85. The first kappa shape index (κ1) is 21.8. The van der Waals surface area contributed by atoms with E-state index in [0.717, 1.165) is 14.7 Å². The molecule has 0 radical (unpaired) electrons. The number of benzene rings is 2. The lowest BCUT2D eigenvalue weighted by Crippen LogP contribution is -2.29. The van der Waals surface area contributed by atoms with Crippen molar-refractivity contribution >= 4 is 50.5 Å². The molecule has 0 aliphatic carbocycles. The minimum Gasteiger partial charge on any atom is -0.340 e. The summed E-state index contributed by atoms with van der Waals surface area (Å²) in [5, 5.41) is 5.56. The highest BCUT2D eigenvalue weighted by atomic mass is 35.5. The number of amides is 1. The van der Waals surface area contributed by atoms with Crippen LogP contribution in [0.1, 0.15) is 26.8 Å². The molecule has 152 valence electrons. The van der Waals surface area contributed by atoms with Crippen LogP contribution in [0.25, 0.3) is 0 Å². The van der Waals surface area contributed by atoms with Gasteiger partial charge in [0.05, 0.1) is 11.1 Å². The highest BCUT2D eigenvalue weighted by Gasteiger charge is 2.24. The summed E-state index contributed by atoms with van der Waals surface area (Å²) >= 11 is 13.6. The van der Waals surface area contributed by atoms with Gasteiger partial charge in [-0.2, -0.15) is 0 Å². The molecule has 1 amide bonds. The van der Waals surface area contributed by atoms with Crippen molar-refractivity contribution in [2.24, 2.45) is 0 Å². The van der Waals surface area contributed by atoms with Gasteiger partial charge >= 0.3 is 0 Å². The van der Waals surface area contributed by atoms with Crippen molar-refractivity contribution in [3.8, 4) is 0 Å². The summed E-state index contributed by atoms with van der Waals surface area (Å²) in [6.07, 6.45) is 0. The van der Waals surface area contributed by atoms with Crippen LogP contribution in [0.5, 0.6) is 0 Å². The molecule has 1 unspecified atom stereocenters. The van der Waals surface area contributed by atoms with Crippen molar-refractivity contribution in [1.82, 2.24) is 9.62 Å². The molecule has 9 heteroatoms. The number of halogens is 2. The van der Waals surface area contributed by atoms with Crippen molar-refractivity contribution in [1.29, 1.82) is 0 Å². The van der Waals surface area contributed by atoms with Gasteiger partial charge in [0.15, 0.2) is 0 Å². The van der Waals surface area contributed by atoms with Gasteiger partial charge in [-0.15, -0.1) is 11.3 Å². The third-order valence-electron chi connectivity index (χ3n) is 4.26. The minimum absolute atomic E-state index is 0.0581. The van der Waals surface area contributed by atoms with E-state index < -0.39 is 22.0 Å². The van der Waals surface area contributed by atoms with Gasteiger partial charge in [-0.1, -0.05) is 41.4 Å². The molecular formula is C20H18Cl2N2O3S2. The topological polar surface area (TPSA) is 66.5 Å². The number of hydrogen-bond donors (Lipinski definition) is 1. The van der Waals surface area contributed by atoms with Crippen LogP contribution in [0, 0.1) is 0 Å². The van der Waals surface area contributed by atoms with Crippen LogP contribution in [-0.4, -0.2) is 32.7 Å². The lowest BCUT2D eigenvalue weighted by molar-refractivity contribution is 0.0943. The monoisotopic (exact) mass is 468 g/mol. The Morgan fingerprint density at radius 2 is 1.76 bits per heavy atom. The Morgan fingerprint density at radius 1 is 1.07 bits per heavy atom. The largest absolute Gasteiger partial charge is 0.340 e. The second-order valence-corrected chi connectivity index (χ2v) is 10.3. The Balaban J connectivity index is 1.96. The Kier molecular flexibility index (Phi) is 6.65. The van der Waals surface area contributed by atoms with Crippen molar-refractivity contribution < 1.29 is 13.2 Å². The lowest BCUT2D eigenvalue weighted by Gasteiger charge is -2.19. The molecule has 0 bridgehead atoms. The third kappa shape index (κ3) is 4.82. The number of carbonyl (C=O) groups is 1. The van der Waals surface area contributed by atoms with E-state index in [9.17, 15) is 13.2 Å². The molecule has 1 atom stereocenters. The zero-order valence-corrected chi connectivity index (χ0v) is 18.7. The normalized spacial score (nSPS) is 12.7. The smallest absolute Gasteiger partial charge is 0.252 e. The zero-order chi connectivity index (χ0) is 21.2. The maximum absolute atomic E-state index is 13.0. The standard InChI is InChI=1S/C20H18Cl2N2O3S2/c1-24(2)29(26,27)18-12-14(7-10-16(18)22)20(25)23-19(17-4-3-11-28-17)13-5-8-15(21)9-6-13/h3-12,19H,1-2H3,(H,23,25). The summed E-state index contributed by atoms with van der Waals surface area (Å²) in [6.45, 7) is 0. The summed E-state index contributed by atoms with van der Waals surface area (Å²) < 4.78 is 26.0. The number of carbonyl (C=O) groups excluding carboxylic acids is 1. The first-order valence-electron chi connectivity index (χ1n) is 8.52. The van der Waals surface area contributed by atoms with Gasteiger partial charge in [0.1, 0.15) is 4.90 Å². The molecule has 1 heterocycles. The zero-order valence-electron chi connectivity index (χ0n) is 15.6. The molecule has 0 spiro atoms. The fourth-order valence-corrected chi connectivity index (χ4v) is 5.01. The summed E-state index contributed by atoms with van der Waals surface area (Å²) in [7, 11) is -0.966. The summed E-state index contributed by atoms with van der Waals surface area (Å²) in [6, 6.07) is 14.8. The molecule has 0 aliphatic rings. The van der Waals surface area contributed by atoms with Crippen LogP contribution in [0.15, 0.2) is 64.9 Å². The van der Waals surface area contributed by atoms with Crippen LogP contribution in [0.2, 0.25) is 10.0 Å². The number of nitrogens with zero attached hydrogens (tertiary/aromatic N) is 1. The van der Waals surface area contributed by atoms with E-state index in [1.54, 1.807) is 12.1 Å². The van der Waals surface area contributed by atoms with Gasteiger partial charge in [0.25, 0.3) is 5.91 Å². The van der Waals surface area contributed by atoms with E-state index in [-0.39, 0.29) is 15.5 Å². The molecule has 3 aromatic rings. The first-order chi connectivity index (χ1) is 13.7. The molecule has 2 aromatic carbocycles. The lowest BCUT2D eigenvalue weighted by atomic mass is 10.0. The number of thiophene rings is 1. The fourth-order valence-electron chi connectivity index (χ4n) is 2.68. The summed E-state index contributed by atoms with van der Waals surface area (Å²) in [4.78, 5) is 13.8. The maximum Gasteiger partial charge on any atom is 0.252 e. The molecule has 5 nitrogen and oxygen atoms in total. The number of rotatable bonds is 6. The fraction of sp³-hybridized carbons (Fsp3) is 0.150. The summed E-state index contributed by atoms with van der Waals surface area (Å²) in [5.41, 5.74) is 1.06. The molecule has 0 saturated heterocycles. The predicted molar refractivity (Wildman–Crippen MR) is 117 cm³/mol. The van der Waals surface area contributed by atoms with Crippen molar-refractivity contribution in [3.05, 3.63) is 86.0 Å². The Morgan fingerprint density at radius 3 is 2.34 bits per heavy atom. The van der Waals surface area contributed by atoms with Gasteiger partial charge in [-0.05, 0) is 47.3 Å². The van der Waals surface area contributed by atoms with E-state index in [2.05, 4.69) is 5.32 Å². The molecule has 1 aromatic heterocycles. The SMILES string of the molecule is CN(C)S(=O)(=O)c1cc(C(=O)NC(c2ccc(Cl)cc2)c2cccs2)ccc1Cl. The van der Waals surface area contributed by atoms with E-state index in [1.165, 1.54) is 43.6 Å². The van der Waals surface area contributed by atoms with Gasteiger partial charge < -0.3 is 5.32 Å². The van der Waals surface area contributed by atoms with Crippen LogP contribution in [0.4, 0.5) is 0 Å². The third-order valence-corrected chi connectivity index (χ3v) is 7.74. The molecule has 1 N–H and O–H groups in total. The van der Waals surface area contributed by atoms with Crippen LogP contribution in [0.3, 0.4) is 0 Å². The second-order valence-electron chi connectivity index (χ2n) is 6.41. The predicted octanol–water partition coefficient (Wildman–Crippen LogP) is 4.82. The van der Waals surface area contributed by atoms with Crippen molar-refractivity contribution in [2.45, 2.75) is 10.9 Å². The molecule has 0 aliphatic heterocycles. The first-order valence-corrected chi connectivity index (χ1v) is 11.6. The van der Waals surface area contributed by atoms with Gasteiger partial charge in [-0.25, -0.2) is 12.7 Å². The molecule has 29 heavy (non-hydrogen) atoms. The average Bonchev–Trinajstić information content (AvgIpc) is 3.21. The summed E-state index contributed by atoms with van der Waals surface area (Å²) in [5.74, 6) is -0.412. The van der Waals surface area contributed by atoms with Gasteiger partial charge in [0.2, 0.25) is 10.0 Å². The Labute approximate surface area is 183 Å². The molecule has 0 saturated carbocycles.